The highest BCUT2D eigenvalue weighted by Crippen LogP contribution is 2.24. The van der Waals surface area contributed by atoms with Crippen LogP contribution in [0.1, 0.15) is 27.7 Å². The maximum Gasteiger partial charge on any atom is 0.240 e. The first-order valence-electron chi connectivity index (χ1n) is 8.88. The molecule has 0 atom stereocenters. The molecule has 27 heavy (non-hydrogen) atoms. The highest BCUT2D eigenvalue weighted by Gasteiger charge is 2.18. The van der Waals surface area contributed by atoms with E-state index in [0.29, 0.717) is 5.16 Å². The van der Waals surface area contributed by atoms with Crippen molar-refractivity contribution in [2.75, 3.05) is 31.2 Å². The third-order valence-electron chi connectivity index (χ3n) is 3.57. The number of benzene rings is 1. The largest absolute Gasteiger partial charge is 0.370 e. The van der Waals surface area contributed by atoms with E-state index in [1.54, 1.807) is 7.05 Å². The minimum absolute atomic E-state index is 0.0257. The minimum Gasteiger partial charge on any atom is -0.370 e. The lowest BCUT2D eigenvalue weighted by atomic mass is 10.1. The quantitative estimate of drug-likeness (QED) is 0.559. The molecule has 0 spiro atoms. The van der Waals surface area contributed by atoms with Crippen LogP contribution in [-0.4, -0.2) is 58.1 Å². The molecule has 1 aromatic carbocycles. The van der Waals surface area contributed by atoms with E-state index in [-0.39, 0.29) is 29.7 Å². The number of amides is 2. The van der Waals surface area contributed by atoms with Crippen LogP contribution in [0.15, 0.2) is 29.4 Å². The zero-order chi connectivity index (χ0) is 20.0. The summed E-state index contributed by atoms with van der Waals surface area (Å²) in [5, 5.41) is 7.57. The van der Waals surface area contributed by atoms with Crippen molar-refractivity contribution in [3.05, 3.63) is 24.3 Å². The van der Waals surface area contributed by atoms with E-state index in [2.05, 4.69) is 20.6 Å². The lowest BCUT2D eigenvalue weighted by molar-refractivity contribution is -0.133. The lowest BCUT2D eigenvalue weighted by Crippen LogP contribution is -2.46. The predicted octanol–water partition coefficient (Wildman–Crippen LogP) is 2.53. The van der Waals surface area contributed by atoms with Gasteiger partial charge in [-0.05, 0) is 39.8 Å². The second-order valence-corrected chi connectivity index (χ2v) is 8.18. The molecular weight excluding hydrogens is 362 g/mol. The molecule has 0 saturated carbocycles. The van der Waals surface area contributed by atoms with Gasteiger partial charge in [-0.1, -0.05) is 23.9 Å². The number of nitrogens with one attached hydrogen (secondary N) is 2. The molecule has 0 aliphatic carbocycles. The molecule has 0 aliphatic heterocycles. The van der Waals surface area contributed by atoms with Crippen molar-refractivity contribution < 1.29 is 9.59 Å². The van der Waals surface area contributed by atoms with Crippen molar-refractivity contribution in [3.8, 4) is 0 Å². The van der Waals surface area contributed by atoms with Gasteiger partial charge in [-0.2, -0.15) is 0 Å². The Morgan fingerprint density at radius 2 is 1.89 bits per heavy atom. The smallest absolute Gasteiger partial charge is 0.240 e. The number of carbonyl (C=O) groups is 2. The molecule has 146 valence electrons. The SMILES string of the molecule is CCNc1nc(SCC(=O)N(C)CC(=O)NC(C)(C)C)nc2ccccc12. The van der Waals surface area contributed by atoms with Crippen molar-refractivity contribution in [2.45, 2.75) is 38.4 Å². The summed E-state index contributed by atoms with van der Waals surface area (Å²) in [7, 11) is 1.62. The van der Waals surface area contributed by atoms with Crippen molar-refractivity contribution in [1.82, 2.24) is 20.2 Å². The van der Waals surface area contributed by atoms with Crippen LogP contribution in [0.2, 0.25) is 0 Å². The normalized spacial score (nSPS) is 11.3. The summed E-state index contributed by atoms with van der Waals surface area (Å²) in [5.41, 5.74) is 0.508. The second kappa shape index (κ2) is 9.03. The van der Waals surface area contributed by atoms with Gasteiger partial charge in [0.25, 0.3) is 0 Å². The number of anilines is 1. The van der Waals surface area contributed by atoms with E-state index in [1.165, 1.54) is 16.7 Å². The zero-order valence-corrected chi connectivity index (χ0v) is 17.3. The van der Waals surface area contributed by atoms with E-state index < -0.39 is 0 Å². The Kier molecular flexibility index (Phi) is 7.01. The van der Waals surface area contributed by atoms with E-state index in [4.69, 9.17) is 0 Å². The second-order valence-electron chi connectivity index (χ2n) is 7.24. The number of aromatic nitrogens is 2. The van der Waals surface area contributed by atoms with Crippen LogP contribution in [0.5, 0.6) is 0 Å². The van der Waals surface area contributed by atoms with E-state index >= 15 is 0 Å². The Morgan fingerprint density at radius 1 is 1.19 bits per heavy atom. The Labute approximate surface area is 164 Å². The summed E-state index contributed by atoms with van der Waals surface area (Å²) in [6.45, 7) is 8.49. The summed E-state index contributed by atoms with van der Waals surface area (Å²) in [6, 6.07) is 7.76. The Balaban J connectivity index is 2.01. The number of thioether (sulfide) groups is 1. The monoisotopic (exact) mass is 389 g/mol. The van der Waals surface area contributed by atoms with E-state index in [9.17, 15) is 9.59 Å². The number of carbonyl (C=O) groups excluding carboxylic acids is 2. The van der Waals surface area contributed by atoms with E-state index in [1.807, 2.05) is 52.0 Å². The maximum atomic E-state index is 12.3. The fourth-order valence-corrected chi connectivity index (χ4v) is 3.21. The predicted molar refractivity (Wildman–Crippen MR) is 110 cm³/mol. The van der Waals surface area contributed by atoms with Gasteiger partial charge in [0.2, 0.25) is 11.8 Å². The van der Waals surface area contributed by atoms with Crippen molar-refractivity contribution in [3.63, 3.8) is 0 Å². The van der Waals surface area contributed by atoms with Crippen molar-refractivity contribution in [2.24, 2.45) is 0 Å². The number of para-hydroxylation sites is 1. The van der Waals surface area contributed by atoms with Crippen molar-refractivity contribution >= 4 is 40.3 Å². The summed E-state index contributed by atoms with van der Waals surface area (Å²) < 4.78 is 0. The first-order chi connectivity index (χ1) is 12.7. The molecule has 1 aromatic heterocycles. The molecule has 2 rings (SSSR count). The molecule has 8 heteroatoms. The molecule has 0 unspecified atom stereocenters. The lowest BCUT2D eigenvalue weighted by Gasteiger charge is -2.23. The van der Waals surface area contributed by atoms with Gasteiger partial charge in [-0.25, -0.2) is 9.97 Å². The Hall–Kier alpha value is -2.35. The molecule has 0 fully saturated rings. The number of fused-ring (bicyclic) bond motifs is 1. The van der Waals surface area contributed by atoms with Crippen molar-refractivity contribution in [1.29, 1.82) is 0 Å². The molecule has 2 N–H and O–H groups in total. The summed E-state index contributed by atoms with van der Waals surface area (Å²) in [5.74, 6) is 0.602. The standard InChI is InChI=1S/C19H27N5O2S/c1-6-20-17-13-9-7-8-10-14(13)21-18(22-17)27-12-16(26)24(5)11-15(25)23-19(2,3)4/h7-10H,6,11-12H2,1-5H3,(H,23,25)(H,20,21,22). The molecule has 0 saturated heterocycles. The summed E-state index contributed by atoms with van der Waals surface area (Å²) in [4.78, 5) is 34.8. The first-order valence-corrected chi connectivity index (χ1v) is 9.86. The number of rotatable bonds is 7. The third kappa shape index (κ3) is 6.39. The maximum absolute atomic E-state index is 12.3. The van der Waals surface area contributed by atoms with E-state index in [0.717, 1.165) is 23.3 Å². The van der Waals surface area contributed by atoms with Gasteiger partial charge in [-0.15, -0.1) is 0 Å². The van der Waals surface area contributed by atoms with Crippen LogP contribution in [0, 0.1) is 0 Å². The molecule has 1 heterocycles. The number of hydrogen-bond donors (Lipinski definition) is 2. The number of likely N-dealkylation sites (N-methyl/N-ethyl adjacent to an activating group) is 1. The van der Waals surface area contributed by atoms with Crippen LogP contribution >= 0.6 is 11.8 Å². The molecule has 7 nitrogen and oxygen atoms in total. The number of hydrogen-bond acceptors (Lipinski definition) is 6. The average molecular weight is 390 g/mol. The van der Waals surface area contributed by atoms with Gasteiger partial charge in [0.05, 0.1) is 17.8 Å². The molecule has 0 aliphatic rings. The molecule has 2 amide bonds. The first kappa shape index (κ1) is 21.0. The van der Waals surface area contributed by atoms with Gasteiger partial charge in [0, 0.05) is 24.5 Å². The molecule has 0 bridgehead atoms. The van der Waals surface area contributed by atoms with Crippen LogP contribution in [-0.2, 0) is 9.59 Å². The minimum atomic E-state index is -0.322. The summed E-state index contributed by atoms with van der Waals surface area (Å²) in [6.07, 6.45) is 0. The van der Waals surface area contributed by atoms with Gasteiger partial charge in [0.1, 0.15) is 5.82 Å². The van der Waals surface area contributed by atoms with Gasteiger partial charge in [0.15, 0.2) is 5.16 Å². The highest BCUT2D eigenvalue weighted by molar-refractivity contribution is 7.99. The molecule has 2 aromatic rings. The average Bonchev–Trinajstić information content (AvgIpc) is 2.58. The molecule has 0 radical (unpaired) electrons. The molecular formula is C19H27N5O2S. The Morgan fingerprint density at radius 3 is 2.56 bits per heavy atom. The van der Waals surface area contributed by atoms with Gasteiger partial charge >= 0.3 is 0 Å². The van der Waals surface area contributed by atoms with Crippen LogP contribution in [0.25, 0.3) is 10.9 Å². The zero-order valence-electron chi connectivity index (χ0n) is 16.5. The fourth-order valence-electron chi connectivity index (χ4n) is 2.42. The van der Waals surface area contributed by atoms with Crippen LogP contribution in [0.4, 0.5) is 5.82 Å². The van der Waals surface area contributed by atoms with Crippen LogP contribution < -0.4 is 10.6 Å². The van der Waals surface area contributed by atoms with Crippen LogP contribution in [0.3, 0.4) is 0 Å². The van der Waals surface area contributed by atoms with Gasteiger partial charge < -0.3 is 15.5 Å². The number of nitrogens with zero attached hydrogens (tertiary/aromatic N) is 3. The third-order valence-corrected chi connectivity index (χ3v) is 4.40. The highest BCUT2D eigenvalue weighted by atomic mass is 32.2. The Bertz CT molecular complexity index is 819. The summed E-state index contributed by atoms with van der Waals surface area (Å²) >= 11 is 1.27. The topological polar surface area (TPSA) is 87.2 Å². The fraction of sp³-hybridized carbons (Fsp3) is 0.474. The van der Waals surface area contributed by atoms with Gasteiger partial charge in [-0.3, -0.25) is 9.59 Å².